The average Bonchev–Trinajstić information content (AvgIpc) is 3.07. The van der Waals surface area contributed by atoms with Crippen molar-refractivity contribution >= 4 is 35.0 Å². The lowest BCUT2D eigenvalue weighted by molar-refractivity contribution is -0.120. The lowest BCUT2D eigenvalue weighted by atomic mass is 10.1. The molecule has 3 aromatic rings. The third-order valence-corrected chi connectivity index (χ3v) is 4.85. The number of carbonyl (C=O) groups excluding carboxylic acids is 1. The van der Waals surface area contributed by atoms with Crippen molar-refractivity contribution < 1.29 is 9.53 Å². The molecule has 142 valence electrons. The lowest BCUT2D eigenvalue weighted by Gasteiger charge is -2.11. The van der Waals surface area contributed by atoms with Gasteiger partial charge in [0.2, 0.25) is 11.1 Å². The minimum atomic E-state index is -0.0905. The van der Waals surface area contributed by atoms with Crippen molar-refractivity contribution in [2.75, 3.05) is 19.4 Å². The van der Waals surface area contributed by atoms with Crippen LogP contribution in [0.3, 0.4) is 0 Å². The molecule has 3 rings (SSSR count). The van der Waals surface area contributed by atoms with E-state index < -0.39 is 0 Å². The maximum absolute atomic E-state index is 12.3. The number of nitrogens with zero attached hydrogens (tertiary/aromatic N) is 4. The summed E-state index contributed by atoms with van der Waals surface area (Å²) in [5.74, 6) is 1.17. The van der Waals surface area contributed by atoms with E-state index in [-0.39, 0.29) is 12.3 Å². The molecule has 0 unspecified atom stereocenters. The van der Waals surface area contributed by atoms with Crippen LogP contribution in [-0.2, 0) is 11.2 Å². The van der Waals surface area contributed by atoms with Crippen molar-refractivity contribution in [2.45, 2.75) is 25.4 Å². The number of aromatic nitrogens is 4. The topological polar surface area (TPSA) is 81.4 Å². The van der Waals surface area contributed by atoms with E-state index in [1.54, 1.807) is 28.8 Å². The fourth-order valence-electron chi connectivity index (χ4n) is 2.65. The Morgan fingerprint density at radius 1 is 1.26 bits per heavy atom. The quantitative estimate of drug-likeness (QED) is 0.481. The van der Waals surface area contributed by atoms with E-state index in [2.05, 4.69) is 20.4 Å². The molecule has 1 amide bonds. The van der Waals surface area contributed by atoms with Crippen LogP contribution in [0.25, 0.3) is 5.78 Å². The number of thioether (sulfide) groups is 1. The number of aryl methyl sites for hydroxylation is 2. The van der Waals surface area contributed by atoms with E-state index in [1.807, 2.05) is 20.1 Å². The van der Waals surface area contributed by atoms with Gasteiger partial charge in [0.1, 0.15) is 12.4 Å². The molecule has 0 aliphatic heterocycles. The molecule has 0 atom stereocenters. The van der Waals surface area contributed by atoms with Crippen molar-refractivity contribution in [2.24, 2.45) is 0 Å². The Morgan fingerprint density at radius 3 is 2.70 bits per heavy atom. The zero-order valence-corrected chi connectivity index (χ0v) is 16.9. The number of halogens is 1. The fourth-order valence-corrected chi connectivity index (χ4v) is 3.11. The summed E-state index contributed by atoms with van der Waals surface area (Å²) < 4.78 is 7.26. The number of ether oxygens (including phenoxy) is 1. The van der Waals surface area contributed by atoms with Gasteiger partial charge < -0.3 is 10.1 Å². The largest absolute Gasteiger partial charge is 0.492 e. The normalized spacial score (nSPS) is 11.0. The average molecular weight is 406 g/mol. The summed E-state index contributed by atoms with van der Waals surface area (Å²) in [6.07, 6.45) is 2.15. The molecule has 1 aromatic carbocycles. The Bertz CT molecular complexity index is 959. The molecular formula is C18H20ClN5O2S. The SMILES string of the molecule is CSc1nc2nc(C)c(CC(=O)NCCOc3ccc(Cl)cc3)c(C)n2n1. The summed E-state index contributed by atoms with van der Waals surface area (Å²) in [6, 6.07) is 7.10. The summed E-state index contributed by atoms with van der Waals surface area (Å²) in [5, 5.41) is 8.58. The van der Waals surface area contributed by atoms with Crippen LogP contribution in [0, 0.1) is 13.8 Å². The van der Waals surface area contributed by atoms with Crippen LogP contribution in [-0.4, -0.2) is 44.9 Å². The number of fused-ring (bicyclic) bond motifs is 1. The van der Waals surface area contributed by atoms with Gasteiger partial charge in [-0.3, -0.25) is 4.79 Å². The first-order valence-corrected chi connectivity index (χ1v) is 10.00. The minimum Gasteiger partial charge on any atom is -0.492 e. The first-order valence-electron chi connectivity index (χ1n) is 8.40. The number of hydrogen-bond acceptors (Lipinski definition) is 6. The van der Waals surface area contributed by atoms with E-state index in [0.29, 0.717) is 34.9 Å². The van der Waals surface area contributed by atoms with Gasteiger partial charge in [-0.1, -0.05) is 23.4 Å². The first kappa shape index (κ1) is 19.4. The third-order valence-electron chi connectivity index (χ3n) is 4.06. The third kappa shape index (κ3) is 4.70. The Labute approximate surface area is 166 Å². The van der Waals surface area contributed by atoms with Gasteiger partial charge in [0, 0.05) is 22.0 Å². The maximum Gasteiger partial charge on any atom is 0.253 e. The van der Waals surface area contributed by atoms with Gasteiger partial charge in [-0.2, -0.15) is 4.98 Å². The van der Waals surface area contributed by atoms with E-state index in [1.165, 1.54) is 11.8 Å². The Hall–Kier alpha value is -2.32. The van der Waals surface area contributed by atoms with Crippen molar-refractivity contribution in [1.82, 2.24) is 24.9 Å². The highest BCUT2D eigenvalue weighted by Crippen LogP contribution is 2.17. The second-order valence-corrected chi connectivity index (χ2v) is 7.11. The second kappa shape index (κ2) is 8.58. The predicted octanol–water partition coefficient (Wildman–Crippen LogP) is 2.85. The summed E-state index contributed by atoms with van der Waals surface area (Å²) in [4.78, 5) is 21.1. The molecule has 9 heteroatoms. The molecule has 0 aliphatic rings. The molecule has 27 heavy (non-hydrogen) atoms. The maximum atomic E-state index is 12.3. The minimum absolute atomic E-state index is 0.0905. The monoisotopic (exact) mass is 405 g/mol. The molecular weight excluding hydrogens is 386 g/mol. The molecule has 1 N–H and O–H groups in total. The van der Waals surface area contributed by atoms with Gasteiger partial charge in [0.05, 0.1) is 13.0 Å². The van der Waals surface area contributed by atoms with Crippen LogP contribution in [0.5, 0.6) is 5.75 Å². The zero-order valence-electron chi connectivity index (χ0n) is 15.3. The van der Waals surface area contributed by atoms with Crippen LogP contribution in [0.2, 0.25) is 5.02 Å². The van der Waals surface area contributed by atoms with E-state index in [9.17, 15) is 4.79 Å². The highest BCUT2D eigenvalue weighted by molar-refractivity contribution is 7.98. The number of carbonyl (C=O) groups is 1. The number of nitrogens with one attached hydrogen (secondary N) is 1. The summed E-state index contributed by atoms with van der Waals surface area (Å²) in [5.41, 5.74) is 2.52. The Balaban J connectivity index is 1.58. The van der Waals surface area contributed by atoms with Gasteiger partial charge in [0.15, 0.2) is 0 Å². The molecule has 7 nitrogen and oxygen atoms in total. The van der Waals surface area contributed by atoms with E-state index in [0.717, 1.165) is 17.0 Å². The lowest BCUT2D eigenvalue weighted by Crippen LogP contribution is -2.30. The van der Waals surface area contributed by atoms with Gasteiger partial charge in [-0.25, -0.2) is 9.50 Å². The first-order chi connectivity index (χ1) is 13.0. The highest BCUT2D eigenvalue weighted by Gasteiger charge is 2.15. The second-order valence-electron chi connectivity index (χ2n) is 5.90. The van der Waals surface area contributed by atoms with Gasteiger partial charge in [0.25, 0.3) is 5.78 Å². The summed E-state index contributed by atoms with van der Waals surface area (Å²) >= 11 is 7.29. The van der Waals surface area contributed by atoms with E-state index in [4.69, 9.17) is 16.3 Å². The van der Waals surface area contributed by atoms with Crippen LogP contribution in [0.4, 0.5) is 0 Å². The Morgan fingerprint density at radius 2 is 2.00 bits per heavy atom. The van der Waals surface area contributed by atoms with Crippen LogP contribution in [0.1, 0.15) is 17.0 Å². The fraction of sp³-hybridized carbons (Fsp3) is 0.333. The molecule has 0 saturated carbocycles. The molecule has 2 aromatic heterocycles. The number of amides is 1. The number of benzene rings is 1. The molecule has 2 heterocycles. The molecule has 0 radical (unpaired) electrons. The molecule has 0 fully saturated rings. The smallest absolute Gasteiger partial charge is 0.253 e. The van der Waals surface area contributed by atoms with Gasteiger partial charge in [-0.05, 0) is 44.4 Å². The molecule has 0 spiro atoms. The number of rotatable bonds is 7. The van der Waals surface area contributed by atoms with Crippen molar-refractivity contribution in [1.29, 1.82) is 0 Å². The standard InChI is InChI=1S/C18H20ClN5O2S/c1-11-15(12(2)24-17(21-11)22-18(23-24)27-3)10-16(25)20-8-9-26-14-6-4-13(19)5-7-14/h4-7H,8-10H2,1-3H3,(H,20,25). The summed E-state index contributed by atoms with van der Waals surface area (Å²) in [6.45, 7) is 4.59. The van der Waals surface area contributed by atoms with Crippen molar-refractivity contribution in [3.05, 3.63) is 46.2 Å². The highest BCUT2D eigenvalue weighted by atomic mass is 35.5. The van der Waals surface area contributed by atoms with Gasteiger partial charge >= 0.3 is 0 Å². The van der Waals surface area contributed by atoms with Crippen molar-refractivity contribution in [3.8, 4) is 5.75 Å². The van der Waals surface area contributed by atoms with Crippen LogP contribution >= 0.6 is 23.4 Å². The number of hydrogen-bond donors (Lipinski definition) is 1. The van der Waals surface area contributed by atoms with Crippen molar-refractivity contribution in [3.63, 3.8) is 0 Å². The molecule has 0 aliphatic carbocycles. The van der Waals surface area contributed by atoms with Gasteiger partial charge in [-0.15, -0.1) is 5.10 Å². The zero-order chi connectivity index (χ0) is 19.4. The Kier molecular flexibility index (Phi) is 6.18. The molecule has 0 saturated heterocycles. The van der Waals surface area contributed by atoms with Crippen LogP contribution in [0.15, 0.2) is 29.4 Å². The molecule has 0 bridgehead atoms. The predicted molar refractivity (Wildman–Crippen MR) is 106 cm³/mol. The van der Waals surface area contributed by atoms with E-state index >= 15 is 0 Å². The summed E-state index contributed by atoms with van der Waals surface area (Å²) in [7, 11) is 0. The van der Waals surface area contributed by atoms with Crippen LogP contribution < -0.4 is 10.1 Å².